The third kappa shape index (κ3) is 3.84. The van der Waals surface area contributed by atoms with Gasteiger partial charge in [0.05, 0.1) is 24.0 Å². The van der Waals surface area contributed by atoms with Crippen molar-refractivity contribution in [1.82, 2.24) is 24.6 Å². The van der Waals surface area contributed by atoms with Crippen molar-refractivity contribution < 1.29 is 5.11 Å². The van der Waals surface area contributed by atoms with Crippen LogP contribution < -0.4 is 0 Å². The molecule has 0 radical (unpaired) electrons. The Kier molecular flexibility index (Phi) is 4.93. The molecule has 0 amide bonds. The van der Waals surface area contributed by atoms with Crippen molar-refractivity contribution >= 4 is 6.08 Å². The summed E-state index contributed by atoms with van der Waals surface area (Å²) in [6.07, 6.45) is 11.5. The first-order valence-electron chi connectivity index (χ1n) is 12.2. The smallest absolute Gasteiger partial charge is 0.121 e. The van der Waals surface area contributed by atoms with Gasteiger partial charge in [0.15, 0.2) is 0 Å². The predicted molar refractivity (Wildman–Crippen MR) is 128 cm³/mol. The Morgan fingerprint density at radius 3 is 2.65 bits per heavy atom. The molecule has 1 saturated carbocycles. The molecule has 3 saturated heterocycles. The van der Waals surface area contributed by atoms with Crippen LogP contribution in [0.25, 0.3) is 6.08 Å². The summed E-state index contributed by atoms with van der Waals surface area (Å²) in [5.41, 5.74) is 2.30. The lowest BCUT2D eigenvalue weighted by atomic mass is 9.82. The van der Waals surface area contributed by atoms with Gasteiger partial charge in [-0.1, -0.05) is 17.9 Å². The van der Waals surface area contributed by atoms with E-state index in [9.17, 15) is 10.4 Å². The molecule has 2 aromatic heterocycles. The van der Waals surface area contributed by atoms with Crippen LogP contribution in [0.3, 0.4) is 0 Å². The lowest BCUT2D eigenvalue weighted by Crippen LogP contribution is -2.72. The average Bonchev–Trinajstić information content (AvgIpc) is 3.61. The van der Waals surface area contributed by atoms with E-state index in [0.29, 0.717) is 30.1 Å². The Morgan fingerprint density at radius 2 is 2.00 bits per heavy atom. The van der Waals surface area contributed by atoms with Crippen LogP contribution in [0, 0.1) is 23.2 Å². The summed E-state index contributed by atoms with van der Waals surface area (Å²) in [6, 6.07) is 7.63. The molecule has 174 valence electrons. The molecular formula is C27H30N6O. The summed E-state index contributed by atoms with van der Waals surface area (Å²) in [4.78, 5) is 9.75. The van der Waals surface area contributed by atoms with E-state index in [1.807, 2.05) is 10.8 Å². The Morgan fingerprint density at radius 1 is 1.21 bits per heavy atom. The summed E-state index contributed by atoms with van der Waals surface area (Å²) < 4.78 is 1.88. The van der Waals surface area contributed by atoms with Gasteiger partial charge in [-0.25, -0.2) is 0 Å². The molecule has 7 heteroatoms. The van der Waals surface area contributed by atoms with Gasteiger partial charge in [-0.15, -0.1) is 0 Å². The minimum atomic E-state index is -1.08. The number of nitriles is 1. The maximum absolute atomic E-state index is 10.3. The van der Waals surface area contributed by atoms with Gasteiger partial charge in [0, 0.05) is 49.5 Å². The zero-order chi connectivity index (χ0) is 23.5. The van der Waals surface area contributed by atoms with Crippen molar-refractivity contribution in [3.05, 3.63) is 53.1 Å². The molecule has 0 spiro atoms. The van der Waals surface area contributed by atoms with Crippen molar-refractivity contribution in [1.29, 1.82) is 5.26 Å². The lowest BCUT2D eigenvalue weighted by molar-refractivity contribution is -0.0942. The van der Waals surface area contributed by atoms with Crippen molar-refractivity contribution in [3.63, 3.8) is 0 Å². The number of hydrogen-bond acceptors (Lipinski definition) is 6. The number of aliphatic hydroxyl groups is 1. The summed E-state index contributed by atoms with van der Waals surface area (Å²) in [5, 5.41) is 24.2. The molecule has 4 fully saturated rings. The third-order valence-corrected chi connectivity index (χ3v) is 7.61. The van der Waals surface area contributed by atoms with E-state index >= 15 is 0 Å². The fraction of sp³-hybridized carbons (Fsp3) is 0.519. The van der Waals surface area contributed by atoms with Crippen LogP contribution in [0.1, 0.15) is 61.5 Å². The van der Waals surface area contributed by atoms with Gasteiger partial charge in [0.2, 0.25) is 0 Å². The van der Waals surface area contributed by atoms with Crippen LogP contribution in [-0.4, -0.2) is 66.0 Å². The number of fused-ring (bicyclic) bond motifs is 3. The molecule has 1 N–H and O–H groups in total. The number of piperazine rings is 1. The van der Waals surface area contributed by atoms with E-state index in [4.69, 9.17) is 4.98 Å². The lowest BCUT2D eigenvalue weighted by Gasteiger charge is -2.59. The number of aromatic nitrogens is 3. The second-order valence-electron chi connectivity index (χ2n) is 10.8. The van der Waals surface area contributed by atoms with Crippen molar-refractivity contribution in [3.8, 4) is 17.9 Å². The standard InChI is InChI=1S/C27H30N6O/c1-26(2,34)9-10-27(8-7-25-21(12-28)14-30-33(25)18-27)31-16-22-11-23(17-31)32(22)15-19-3-6-24(29-13-19)20-4-5-20/h3,6-8,13-14,20,22-23,34H,4-5,11,15-18H2,1-2H3. The van der Waals surface area contributed by atoms with Crippen LogP contribution in [0.2, 0.25) is 0 Å². The number of nitrogens with zero attached hydrogens (tertiary/aromatic N) is 6. The number of hydrogen-bond donors (Lipinski definition) is 1. The number of piperidine rings is 1. The van der Waals surface area contributed by atoms with Crippen molar-refractivity contribution in [2.75, 3.05) is 13.1 Å². The first-order valence-corrected chi connectivity index (χ1v) is 12.2. The fourth-order valence-electron chi connectivity index (χ4n) is 5.54. The summed E-state index contributed by atoms with van der Waals surface area (Å²) in [7, 11) is 0. The molecule has 3 atom stereocenters. The monoisotopic (exact) mass is 454 g/mol. The normalized spacial score (nSPS) is 28.4. The second-order valence-corrected chi connectivity index (χ2v) is 10.8. The molecular weight excluding hydrogens is 424 g/mol. The molecule has 4 aliphatic heterocycles. The van der Waals surface area contributed by atoms with Gasteiger partial charge in [0.1, 0.15) is 17.2 Å². The largest absolute Gasteiger partial charge is 0.378 e. The first kappa shape index (κ1) is 21.6. The Bertz CT molecular complexity index is 1220. The van der Waals surface area contributed by atoms with Crippen molar-refractivity contribution in [2.45, 2.75) is 75.3 Å². The van der Waals surface area contributed by atoms with Crippen LogP contribution in [-0.2, 0) is 13.1 Å². The van der Waals surface area contributed by atoms with E-state index in [1.165, 1.54) is 30.5 Å². The van der Waals surface area contributed by atoms with E-state index < -0.39 is 11.1 Å². The van der Waals surface area contributed by atoms with Gasteiger partial charge in [-0.05, 0) is 56.9 Å². The minimum absolute atomic E-state index is 0.477. The Balaban J connectivity index is 1.21. The molecule has 1 aliphatic carbocycles. The average molecular weight is 455 g/mol. The molecule has 0 aromatic carbocycles. The maximum atomic E-state index is 10.3. The molecule has 5 aliphatic rings. The van der Waals surface area contributed by atoms with E-state index in [-0.39, 0.29) is 0 Å². The predicted octanol–water partition coefficient (Wildman–Crippen LogP) is 2.53. The Hall–Kier alpha value is -2.97. The van der Waals surface area contributed by atoms with Gasteiger partial charge in [0.25, 0.3) is 0 Å². The zero-order valence-electron chi connectivity index (χ0n) is 19.8. The fourth-order valence-corrected chi connectivity index (χ4v) is 5.54. The topological polar surface area (TPSA) is 81.2 Å². The second kappa shape index (κ2) is 7.78. The highest BCUT2D eigenvalue weighted by molar-refractivity contribution is 5.59. The van der Waals surface area contributed by atoms with E-state index in [2.05, 4.69) is 57.2 Å². The van der Waals surface area contributed by atoms with Gasteiger partial charge in [-0.3, -0.25) is 19.5 Å². The third-order valence-electron chi connectivity index (χ3n) is 7.61. The summed E-state index contributed by atoms with van der Waals surface area (Å²) in [6.45, 7) is 6.74. The summed E-state index contributed by atoms with van der Waals surface area (Å²) >= 11 is 0. The summed E-state index contributed by atoms with van der Waals surface area (Å²) in [5.74, 6) is 7.16. The van der Waals surface area contributed by atoms with Gasteiger partial charge < -0.3 is 5.11 Å². The van der Waals surface area contributed by atoms with Crippen molar-refractivity contribution in [2.24, 2.45) is 0 Å². The molecule has 7 rings (SSSR count). The number of pyridine rings is 1. The highest BCUT2D eigenvalue weighted by atomic mass is 16.3. The highest BCUT2D eigenvalue weighted by Gasteiger charge is 2.50. The highest BCUT2D eigenvalue weighted by Crippen LogP contribution is 2.40. The van der Waals surface area contributed by atoms with Crippen LogP contribution >= 0.6 is 0 Å². The van der Waals surface area contributed by atoms with E-state index in [0.717, 1.165) is 25.3 Å². The van der Waals surface area contributed by atoms with Gasteiger partial charge in [-0.2, -0.15) is 10.4 Å². The minimum Gasteiger partial charge on any atom is -0.378 e. The molecule has 7 nitrogen and oxygen atoms in total. The first-order chi connectivity index (χ1) is 16.3. The Labute approximate surface area is 200 Å². The molecule has 6 heterocycles. The zero-order valence-corrected chi connectivity index (χ0v) is 19.8. The molecule has 3 unspecified atom stereocenters. The van der Waals surface area contributed by atoms with E-state index in [1.54, 1.807) is 20.0 Å². The molecule has 34 heavy (non-hydrogen) atoms. The van der Waals surface area contributed by atoms with Gasteiger partial charge >= 0.3 is 0 Å². The quantitative estimate of drug-likeness (QED) is 0.715. The van der Waals surface area contributed by atoms with Crippen LogP contribution in [0.5, 0.6) is 0 Å². The number of rotatable bonds is 4. The molecule has 2 aromatic rings. The van der Waals surface area contributed by atoms with Crippen LogP contribution in [0.4, 0.5) is 0 Å². The van der Waals surface area contributed by atoms with Crippen LogP contribution in [0.15, 0.2) is 30.6 Å². The SMILES string of the molecule is CC(C)(O)C#CC1(N2CC3CC(C2)N3Cc2ccc(C3CC3)nc2)C=Cc2c(C#N)cnn2C1. The maximum Gasteiger partial charge on any atom is 0.121 e. The molecule has 2 bridgehead atoms.